The highest BCUT2D eigenvalue weighted by molar-refractivity contribution is 5.85. The summed E-state index contributed by atoms with van der Waals surface area (Å²) in [6, 6.07) is 22.9. The number of benzene rings is 3. The van der Waals surface area contributed by atoms with Crippen molar-refractivity contribution < 1.29 is 14.2 Å². The topological polar surface area (TPSA) is 79.7 Å². The Balaban J connectivity index is 0.00000280. The standard InChI is InChI=1S/C22H24N2O3.ClH/c23-13-4-14-25-20-11-12-22(21(24)15-20)27-19-9-7-18(8-10-19)26-16-17-5-2-1-3-6-17;/h1-3,5-12,15H,4,13-14,16,23-24H2;1H. The Morgan fingerprint density at radius 3 is 2.11 bits per heavy atom. The first-order valence-electron chi connectivity index (χ1n) is 8.91. The summed E-state index contributed by atoms with van der Waals surface area (Å²) in [7, 11) is 0. The molecule has 0 amide bonds. The second kappa shape index (κ2) is 11.1. The lowest BCUT2D eigenvalue weighted by Gasteiger charge is -2.12. The van der Waals surface area contributed by atoms with E-state index in [4.69, 9.17) is 25.7 Å². The Hall–Kier alpha value is -2.89. The first-order valence-corrected chi connectivity index (χ1v) is 8.91. The summed E-state index contributed by atoms with van der Waals surface area (Å²) in [5, 5.41) is 0. The number of anilines is 1. The number of halogens is 1. The van der Waals surface area contributed by atoms with E-state index in [1.807, 2.05) is 60.7 Å². The van der Waals surface area contributed by atoms with Crippen molar-refractivity contribution in [3.05, 3.63) is 78.4 Å². The molecular formula is C22H25ClN2O3. The van der Waals surface area contributed by atoms with Gasteiger partial charge in [0, 0.05) is 6.07 Å². The minimum absolute atomic E-state index is 0. The van der Waals surface area contributed by atoms with Gasteiger partial charge in [-0.05, 0) is 54.9 Å². The van der Waals surface area contributed by atoms with Gasteiger partial charge in [-0.2, -0.15) is 0 Å². The molecule has 0 bridgehead atoms. The van der Waals surface area contributed by atoms with Crippen LogP contribution in [0.25, 0.3) is 0 Å². The minimum Gasteiger partial charge on any atom is -0.493 e. The van der Waals surface area contributed by atoms with Crippen molar-refractivity contribution in [3.8, 4) is 23.0 Å². The van der Waals surface area contributed by atoms with E-state index in [-0.39, 0.29) is 12.4 Å². The van der Waals surface area contributed by atoms with Crippen molar-refractivity contribution in [3.63, 3.8) is 0 Å². The summed E-state index contributed by atoms with van der Waals surface area (Å²) >= 11 is 0. The normalized spacial score (nSPS) is 10.0. The van der Waals surface area contributed by atoms with Gasteiger partial charge in [0.05, 0.1) is 12.3 Å². The van der Waals surface area contributed by atoms with Crippen molar-refractivity contribution >= 4 is 18.1 Å². The summed E-state index contributed by atoms with van der Waals surface area (Å²) < 4.78 is 17.2. The summed E-state index contributed by atoms with van der Waals surface area (Å²) in [4.78, 5) is 0. The molecule has 0 unspecified atom stereocenters. The van der Waals surface area contributed by atoms with Crippen LogP contribution in [0.5, 0.6) is 23.0 Å². The lowest BCUT2D eigenvalue weighted by Crippen LogP contribution is -2.06. The van der Waals surface area contributed by atoms with Crippen LogP contribution in [0.15, 0.2) is 72.8 Å². The van der Waals surface area contributed by atoms with Crippen LogP contribution >= 0.6 is 12.4 Å². The zero-order valence-electron chi connectivity index (χ0n) is 15.5. The quantitative estimate of drug-likeness (QED) is 0.398. The fourth-order valence-corrected chi connectivity index (χ4v) is 2.45. The number of rotatable bonds is 9. The van der Waals surface area contributed by atoms with Crippen LogP contribution in [0.3, 0.4) is 0 Å². The van der Waals surface area contributed by atoms with E-state index >= 15 is 0 Å². The van der Waals surface area contributed by atoms with E-state index in [9.17, 15) is 0 Å². The molecule has 0 fully saturated rings. The molecule has 3 aromatic carbocycles. The molecule has 0 aliphatic carbocycles. The van der Waals surface area contributed by atoms with Crippen LogP contribution in [0.2, 0.25) is 0 Å². The zero-order valence-corrected chi connectivity index (χ0v) is 16.4. The lowest BCUT2D eigenvalue weighted by molar-refractivity contribution is 0.306. The van der Waals surface area contributed by atoms with Crippen molar-refractivity contribution in [1.82, 2.24) is 0 Å². The molecule has 0 atom stereocenters. The highest BCUT2D eigenvalue weighted by Crippen LogP contribution is 2.31. The Kier molecular flexibility index (Phi) is 8.46. The van der Waals surface area contributed by atoms with Crippen LogP contribution in [0, 0.1) is 0 Å². The maximum absolute atomic E-state index is 6.06. The summed E-state index contributed by atoms with van der Waals surface area (Å²) in [5.41, 5.74) is 13.2. The predicted octanol–water partition coefficient (Wildman–Crippen LogP) is 4.79. The van der Waals surface area contributed by atoms with E-state index in [2.05, 4.69) is 0 Å². The molecule has 4 N–H and O–H groups in total. The zero-order chi connectivity index (χ0) is 18.9. The van der Waals surface area contributed by atoms with Gasteiger partial charge in [-0.1, -0.05) is 30.3 Å². The second-order valence-corrected chi connectivity index (χ2v) is 6.04. The number of ether oxygens (including phenoxy) is 3. The minimum atomic E-state index is 0. The molecule has 28 heavy (non-hydrogen) atoms. The number of hydrogen-bond acceptors (Lipinski definition) is 5. The third-order valence-electron chi connectivity index (χ3n) is 3.90. The smallest absolute Gasteiger partial charge is 0.150 e. The van der Waals surface area contributed by atoms with Crippen LogP contribution in [0.4, 0.5) is 5.69 Å². The largest absolute Gasteiger partial charge is 0.493 e. The average Bonchev–Trinajstić information content (AvgIpc) is 2.70. The highest BCUT2D eigenvalue weighted by atomic mass is 35.5. The van der Waals surface area contributed by atoms with Gasteiger partial charge in [0.1, 0.15) is 23.9 Å². The van der Waals surface area contributed by atoms with E-state index in [1.165, 1.54) is 0 Å². The fourth-order valence-electron chi connectivity index (χ4n) is 2.45. The Morgan fingerprint density at radius 1 is 0.750 bits per heavy atom. The summed E-state index contributed by atoms with van der Waals surface area (Å²) in [6.45, 7) is 1.70. The maximum atomic E-state index is 6.06. The van der Waals surface area contributed by atoms with Crippen LogP contribution < -0.4 is 25.7 Å². The predicted molar refractivity (Wildman–Crippen MR) is 115 cm³/mol. The molecule has 0 saturated heterocycles. The number of nitrogen functional groups attached to an aromatic ring is 1. The highest BCUT2D eigenvalue weighted by Gasteiger charge is 2.05. The Bertz CT molecular complexity index is 842. The third-order valence-corrected chi connectivity index (χ3v) is 3.90. The molecule has 0 aliphatic rings. The van der Waals surface area contributed by atoms with Gasteiger partial charge < -0.3 is 25.7 Å². The van der Waals surface area contributed by atoms with E-state index < -0.39 is 0 Å². The molecule has 3 rings (SSSR count). The molecule has 3 aromatic rings. The number of nitrogens with two attached hydrogens (primary N) is 2. The van der Waals surface area contributed by atoms with Crippen molar-refractivity contribution in [2.24, 2.45) is 5.73 Å². The van der Waals surface area contributed by atoms with E-state index in [0.29, 0.717) is 42.7 Å². The molecule has 0 spiro atoms. The first-order chi connectivity index (χ1) is 13.2. The first kappa shape index (κ1) is 21.4. The summed E-state index contributed by atoms with van der Waals surface area (Å²) in [5.74, 6) is 2.76. The molecule has 0 saturated carbocycles. The van der Waals surface area contributed by atoms with Gasteiger partial charge in [-0.15, -0.1) is 12.4 Å². The number of hydrogen-bond donors (Lipinski definition) is 2. The van der Waals surface area contributed by atoms with Crippen molar-refractivity contribution in [1.29, 1.82) is 0 Å². The van der Waals surface area contributed by atoms with Crippen molar-refractivity contribution in [2.75, 3.05) is 18.9 Å². The van der Waals surface area contributed by atoms with E-state index in [0.717, 1.165) is 17.7 Å². The van der Waals surface area contributed by atoms with Gasteiger partial charge >= 0.3 is 0 Å². The SMILES string of the molecule is Cl.NCCCOc1ccc(Oc2ccc(OCc3ccccc3)cc2)c(N)c1. The van der Waals surface area contributed by atoms with E-state index in [1.54, 1.807) is 12.1 Å². The Labute approximate surface area is 171 Å². The Morgan fingerprint density at radius 2 is 1.43 bits per heavy atom. The van der Waals surface area contributed by atoms with Gasteiger partial charge in [-0.3, -0.25) is 0 Å². The molecular weight excluding hydrogens is 376 g/mol. The molecule has 6 heteroatoms. The van der Waals surface area contributed by atoms with Crippen LogP contribution in [-0.4, -0.2) is 13.2 Å². The fraction of sp³-hybridized carbons (Fsp3) is 0.182. The van der Waals surface area contributed by atoms with Crippen molar-refractivity contribution in [2.45, 2.75) is 13.0 Å². The lowest BCUT2D eigenvalue weighted by atomic mass is 10.2. The van der Waals surface area contributed by atoms with Gasteiger partial charge in [0.25, 0.3) is 0 Å². The monoisotopic (exact) mass is 400 g/mol. The molecule has 148 valence electrons. The molecule has 0 heterocycles. The molecule has 0 radical (unpaired) electrons. The third kappa shape index (κ3) is 6.37. The van der Waals surface area contributed by atoms with Gasteiger partial charge in [-0.25, -0.2) is 0 Å². The van der Waals surface area contributed by atoms with Gasteiger partial charge in [0.15, 0.2) is 5.75 Å². The second-order valence-electron chi connectivity index (χ2n) is 6.04. The molecule has 0 aromatic heterocycles. The average molecular weight is 401 g/mol. The van der Waals surface area contributed by atoms with Crippen LogP contribution in [0.1, 0.15) is 12.0 Å². The van der Waals surface area contributed by atoms with Gasteiger partial charge in [0.2, 0.25) is 0 Å². The maximum Gasteiger partial charge on any atom is 0.150 e. The molecule has 5 nitrogen and oxygen atoms in total. The summed E-state index contributed by atoms with van der Waals surface area (Å²) in [6.07, 6.45) is 0.802. The van der Waals surface area contributed by atoms with Crippen LogP contribution in [-0.2, 0) is 6.61 Å². The molecule has 0 aliphatic heterocycles.